The first kappa shape index (κ1) is 22.2. The van der Waals surface area contributed by atoms with E-state index in [-0.39, 0.29) is 30.2 Å². The Hall–Kier alpha value is -2.48. The normalized spacial score (nSPS) is 15.1. The largest absolute Gasteiger partial charge is 0.379 e. The first-order valence-corrected chi connectivity index (χ1v) is 10.2. The summed E-state index contributed by atoms with van der Waals surface area (Å²) in [4.78, 5) is 14.2. The van der Waals surface area contributed by atoms with E-state index in [1.165, 1.54) is 6.07 Å². The van der Waals surface area contributed by atoms with Crippen LogP contribution in [0.1, 0.15) is 31.9 Å². The predicted molar refractivity (Wildman–Crippen MR) is 114 cm³/mol. The molecule has 0 atom stereocenters. The molecule has 1 fully saturated rings. The molecular weight excluding hydrogens is 385 g/mol. The Morgan fingerprint density at radius 3 is 2.37 bits per heavy atom. The zero-order chi connectivity index (χ0) is 21.7. The van der Waals surface area contributed by atoms with E-state index in [1.54, 1.807) is 6.07 Å². The van der Waals surface area contributed by atoms with E-state index >= 15 is 0 Å². The van der Waals surface area contributed by atoms with Gasteiger partial charge in [0.25, 0.3) is 5.91 Å². The van der Waals surface area contributed by atoms with Crippen molar-refractivity contribution in [3.05, 3.63) is 59.4 Å². The molecule has 3 rings (SSSR count). The van der Waals surface area contributed by atoms with E-state index in [0.717, 1.165) is 16.3 Å². The molecule has 2 aromatic carbocycles. The van der Waals surface area contributed by atoms with Gasteiger partial charge in [-0.1, -0.05) is 39.0 Å². The minimum Gasteiger partial charge on any atom is -0.379 e. The van der Waals surface area contributed by atoms with Gasteiger partial charge in [0.1, 0.15) is 5.82 Å². The number of rotatable bonds is 6. The topological polar surface area (TPSA) is 65.0 Å². The van der Waals surface area contributed by atoms with Gasteiger partial charge in [-0.3, -0.25) is 14.9 Å². The van der Waals surface area contributed by atoms with Gasteiger partial charge in [0.15, 0.2) is 0 Å². The predicted octanol–water partition coefficient (Wildman–Crippen LogP) is 3.92. The van der Waals surface area contributed by atoms with E-state index in [2.05, 4.69) is 5.32 Å². The van der Waals surface area contributed by atoms with Gasteiger partial charge >= 0.3 is 0 Å². The summed E-state index contributed by atoms with van der Waals surface area (Å²) >= 11 is 0. The average molecular weight is 416 g/mol. The fraction of sp³-hybridized carbons (Fsp3) is 0.435. The van der Waals surface area contributed by atoms with Crippen LogP contribution < -0.4 is 5.32 Å². The van der Waals surface area contributed by atoms with E-state index in [9.17, 15) is 14.4 Å². The van der Waals surface area contributed by atoms with Crippen molar-refractivity contribution in [3.63, 3.8) is 0 Å². The number of halogens is 1. The minimum absolute atomic E-state index is 0.109. The van der Waals surface area contributed by atoms with Crippen molar-refractivity contribution < 1.29 is 19.1 Å². The molecule has 1 amide bonds. The molecular formula is C23H30FN3O3. The molecule has 1 aliphatic heterocycles. The average Bonchev–Trinajstić information content (AvgIpc) is 2.69. The summed E-state index contributed by atoms with van der Waals surface area (Å²) in [5.74, 6) is -0.577. The van der Waals surface area contributed by atoms with Crippen LogP contribution in [-0.4, -0.2) is 53.9 Å². The molecule has 30 heavy (non-hydrogen) atoms. The molecule has 1 aliphatic rings. The number of nitrogens with one attached hydrogen (secondary N) is 1. The van der Waals surface area contributed by atoms with Crippen molar-refractivity contribution in [1.29, 1.82) is 0 Å². The quantitative estimate of drug-likeness (QED) is 0.553. The number of anilines is 2. The van der Waals surface area contributed by atoms with Gasteiger partial charge in [-0.15, -0.1) is 0 Å². The molecule has 0 radical (unpaired) electrons. The van der Waals surface area contributed by atoms with Gasteiger partial charge in [-0.2, -0.15) is 0 Å². The standard InChI is InChI=1S/C23H30FN3O3/c1-23(2,3)20-9-8-19(14-21(20)24)25-18-6-4-17(5-7-18)15-27(29)22(28)16-26-10-12-30-13-11-26/h4-9,14,25,29H,10-13,15-16H2,1-3H3. The lowest BCUT2D eigenvalue weighted by atomic mass is 9.86. The van der Waals surface area contributed by atoms with Crippen LogP contribution in [0.5, 0.6) is 0 Å². The van der Waals surface area contributed by atoms with Crippen LogP contribution in [0.25, 0.3) is 0 Å². The number of benzene rings is 2. The number of nitrogens with zero attached hydrogens (tertiary/aromatic N) is 2. The molecule has 6 nitrogen and oxygen atoms in total. The van der Waals surface area contributed by atoms with Crippen LogP contribution in [0.2, 0.25) is 0 Å². The summed E-state index contributed by atoms with van der Waals surface area (Å²) in [5, 5.41) is 14.0. The number of hydrogen-bond acceptors (Lipinski definition) is 5. The molecule has 0 aromatic heterocycles. The number of carbonyl (C=O) groups excluding carboxylic acids is 1. The molecule has 0 bridgehead atoms. The first-order valence-electron chi connectivity index (χ1n) is 10.2. The first-order chi connectivity index (χ1) is 14.2. The fourth-order valence-corrected chi connectivity index (χ4v) is 3.35. The lowest BCUT2D eigenvalue weighted by Gasteiger charge is -2.27. The van der Waals surface area contributed by atoms with Gasteiger partial charge in [-0.25, -0.2) is 9.45 Å². The molecule has 0 spiro atoms. The summed E-state index contributed by atoms with van der Waals surface area (Å²) in [7, 11) is 0. The van der Waals surface area contributed by atoms with Crippen LogP contribution >= 0.6 is 0 Å². The molecule has 2 N–H and O–H groups in total. The van der Waals surface area contributed by atoms with Gasteiger partial charge < -0.3 is 10.1 Å². The Morgan fingerprint density at radius 2 is 1.77 bits per heavy atom. The van der Waals surface area contributed by atoms with Crippen molar-refractivity contribution in [2.45, 2.75) is 32.7 Å². The lowest BCUT2D eigenvalue weighted by Crippen LogP contribution is -2.43. The van der Waals surface area contributed by atoms with Crippen LogP contribution in [-0.2, 0) is 21.5 Å². The number of ether oxygens (including phenoxy) is 1. The summed E-state index contributed by atoms with van der Waals surface area (Å²) in [6.45, 7) is 8.82. The van der Waals surface area contributed by atoms with Crippen LogP contribution in [0, 0.1) is 5.82 Å². The Labute approximate surface area is 177 Å². The third kappa shape index (κ3) is 6.01. The highest BCUT2D eigenvalue weighted by Gasteiger charge is 2.19. The lowest BCUT2D eigenvalue weighted by molar-refractivity contribution is -0.170. The van der Waals surface area contributed by atoms with Crippen molar-refractivity contribution in [2.24, 2.45) is 0 Å². The maximum absolute atomic E-state index is 14.4. The maximum Gasteiger partial charge on any atom is 0.260 e. The monoisotopic (exact) mass is 415 g/mol. The Balaban J connectivity index is 1.55. The zero-order valence-corrected chi connectivity index (χ0v) is 17.8. The summed E-state index contributed by atoms with van der Waals surface area (Å²) in [6.07, 6.45) is 0. The number of amides is 1. The highest BCUT2D eigenvalue weighted by Crippen LogP contribution is 2.28. The molecule has 162 valence electrons. The van der Waals surface area contributed by atoms with Crippen LogP contribution in [0.4, 0.5) is 15.8 Å². The van der Waals surface area contributed by atoms with Gasteiger partial charge in [-0.05, 0) is 40.8 Å². The van der Waals surface area contributed by atoms with Crippen molar-refractivity contribution in [1.82, 2.24) is 9.96 Å². The van der Waals surface area contributed by atoms with Gasteiger partial charge in [0.2, 0.25) is 0 Å². The van der Waals surface area contributed by atoms with Crippen molar-refractivity contribution in [2.75, 3.05) is 38.2 Å². The smallest absolute Gasteiger partial charge is 0.260 e. The highest BCUT2D eigenvalue weighted by atomic mass is 19.1. The number of morpholine rings is 1. The SMILES string of the molecule is CC(C)(C)c1ccc(Nc2ccc(CN(O)C(=O)CN3CCOCC3)cc2)cc1F. The van der Waals surface area contributed by atoms with Crippen molar-refractivity contribution in [3.8, 4) is 0 Å². The van der Waals surface area contributed by atoms with E-state index < -0.39 is 0 Å². The van der Waals surface area contributed by atoms with E-state index in [1.807, 2.05) is 56.0 Å². The molecule has 0 unspecified atom stereocenters. The van der Waals surface area contributed by atoms with E-state index in [0.29, 0.717) is 37.6 Å². The second-order valence-corrected chi connectivity index (χ2v) is 8.61. The summed E-state index contributed by atoms with van der Waals surface area (Å²) in [5.41, 5.74) is 2.68. The minimum atomic E-state index is -0.339. The third-order valence-corrected chi connectivity index (χ3v) is 5.10. The molecule has 2 aromatic rings. The second-order valence-electron chi connectivity index (χ2n) is 8.61. The zero-order valence-electron chi connectivity index (χ0n) is 17.8. The third-order valence-electron chi connectivity index (χ3n) is 5.10. The molecule has 0 saturated carbocycles. The summed E-state index contributed by atoms with van der Waals surface area (Å²) < 4.78 is 19.6. The maximum atomic E-state index is 14.4. The van der Waals surface area contributed by atoms with Gasteiger partial charge in [0.05, 0.1) is 26.3 Å². The number of carbonyl (C=O) groups is 1. The highest BCUT2D eigenvalue weighted by molar-refractivity contribution is 5.77. The second kappa shape index (κ2) is 9.55. The Kier molecular flexibility index (Phi) is 7.07. The van der Waals surface area contributed by atoms with E-state index in [4.69, 9.17) is 4.74 Å². The number of hydrogen-bond donors (Lipinski definition) is 2. The Morgan fingerprint density at radius 1 is 1.13 bits per heavy atom. The van der Waals surface area contributed by atoms with Gasteiger partial charge in [0, 0.05) is 24.5 Å². The summed E-state index contributed by atoms with van der Waals surface area (Å²) in [6, 6.07) is 12.5. The van der Waals surface area contributed by atoms with Crippen LogP contribution in [0.3, 0.4) is 0 Å². The molecule has 7 heteroatoms. The molecule has 1 saturated heterocycles. The molecule has 0 aliphatic carbocycles. The number of hydroxylamine groups is 2. The fourth-order valence-electron chi connectivity index (χ4n) is 3.35. The molecule has 1 heterocycles. The Bertz CT molecular complexity index is 859. The van der Waals surface area contributed by atoms with Crippen LogP contribution in [0.15, 0.2) is 42.5 Å². The van der Waals surface area contributed by atoms with Crippen molar-refractivity contribution >= 4 is 17.3 Å².